The van der Waals surface area contributed by atoms with Crippen molar-refractivity contribution in [1.29, 1.82) is 5.26 Å². The minimum absolute atomic E-state index is 0.0446. The van der Waals surface area contributed by atoms with Gasteiger partial charge in [-0.25, -0.2) is 9.37 Å². The lowest BCUT2D eigenvalue weighted by Gasteiger charge is -2.06. The van der Waals surface area contributed by atoms with Crippen molar-refractivity contribution in [3.8, 4) is 17.2 Å². The van der Waals surface area contributed by atoms with Crippen LogP contribution in [0, 0.1) is 22.6 Å². The number of nitrogens with one attached hydrogen (secondary N) is 1. The van der Waals surface area contributed by atoms with Crippen LogP contribution < -0.4 is 5.32 Å². The fraction of sp³-hybridized carbons (Fsp3) is 0.273. The maximum Gasteiger partial charge on any atom is 0.227 e. The molecule has 1 aliphatic carbocycles. The van der Waals surface area contributed by atoms with Gasteiger partial charge in [0.1, 0.15) is 10.8 Å². The van der Waals surface area contributed by atoms with E-state index in [0.717, 1.165) is 17.5 Å². The summed E-state index contributed by atoms with van der Waals surface area (Å²) in [6.07, 6.45) is 1.72. The fourth-order valence-electron chi connectivity index (χ4n) is 3.26. The first-order chi connectivity index (χ1) is 14.4. The number of carbonyl (C=O) groups excluding carboxylic acids is 2. The van der Waals surface area contributed by atoms with Gasteiger partial charge in [0.25, 0.3) is 0 Å². The molecule has 0 spiro atoms. The maximum atomic E-state index is 13.6. The number of amides is 1. The first-order valence-corrected chi connectivity index (χ1v) is 10.6. The van der Waals surface area contributed by atoms with Gasteiger partial charge in [0.05, 0.1) is 39.7 Å². The SMILES string of the molecule is N#CC1(CC(=O)CNC(=O)Cc2nc3cc(Cl)c(-c4cccc(F)c4)cc3s2)CC1. The van der Waals surface area contributed by atoms with Gasteiger partial charge in [-0.05, 0) is 42.7 Å². The second kappa shape index (κ2) is 8.13. The van der Waals surface area contributed by atoms with Gasteiger partial charge in [-0.1, -0.05) is 23.7 Å². The lowest BCUT2D eigenvalue weighted by molar-refractivity contribution is -0.125. The van der Waals surface area contributed by atoms with Gasteiger partial charge >= 0.3 is 0 Å². The zero-order chi connectivity index (χ0) is 21.3. The van der Waals surface area contributed by atoms with Crippen molar-refractivity contribution in [1.82, 2.24) is 10.3 Å². The van der Waals surface area contributed by atoms with E-state index in [0.29, 0.717) is 26.7 Å². The van der Waals surface area contributed by atoms with Gasteiger partial charge in [-0.15, -0.1) is 11.3 Å². The predicted octanol–water partition coefficient (Wildman–Crippen LogP) is 4.68. The molecule has 0 atom stereocenters. The fourth-order valence-corrected chi connectivity index (χ4v) is 4.52. The molecule has 0 bridgehead atoms. The zero-order valence-electron chi connectivity index (χ0n) is 15.9. The van der Waals surface area contributed by atoms with E-state index in [4.69, 9.17) is 16.9 Å². The van der Waals surface area contributed by atoms with Crippen LogP contribution in [0.3, 0.4) is 0 Å². The first kappa shape index (κ1) is 20.5. The number of benzene rings is 2. The molecule has 1 N–H and O–H groups in total. The molecule has 1 fully saturated rings. The Labute approximate surface area is 181 Å². The highest BCUT2D eigenvalue weighted by molar-refractivity contribution is 7.18. The van der Waals surface area contributed by atoms with E-state index >= 15 is 0 Å². The second-order valence-corrected chi connectivity index (χ2v) is 9.00. The van der Waals surface area contributed by atoms with Gasteiger partial charge in [0.2, 0.25) is 5.91 Å². The number of aromatic nitrogens is 1. The third kappa shape index (κ3) is 4.50. The normalized spacial score (nSPS) is 14.3. The molecule has 8 heteroatoms. The molecule has 1 aliphatic rings. The Morgan fingerprint density at radius 2 is 2.10 bits per heavy atom. The highest BCUT2D eigenvalue weighted by Gasteiger charge is 2.44. The van der Waals surface area contributed by atoms with Crippen molar-refractivity contribution >= 4 is 44.8 Å². The number of carbonyl (C=O) groups is 2. The Kier molecular flexibility index (Phi) is 5.54. The maximum absolute atomic E-state index is 13.6. The van der Waals surface area contributed by atoms with Gasteiger partial charge < -0.3 is 5.32 Å². The van der Waals surface area contributed by atoms with E-state index in [1.54, 1.807) is 18.2 Å². The number of thiazole rings is 1. The molecule has 5 nitrogen and oxygen atoms in total. The van der Waals surface area contributed by atoms with E-state index < -0.39 is 5.41 Å². The number of nitrogens with zero attached hydrogens (tertiary/aromatic N) is 2. The summed E-state index contributed by atoms with van der Waals surface area (Å²) in [6, 6.07) is 11.9. The summed E-state index contributed by atoms with van der Waals surface area (Å²) in [6.45, 7) is -0.0806. The third-order valence-electron chi connectivity index (χ3n) is 5.08. The van der Waals surface area contributed by atoms with Crippen molar-refractivity contribution in [2.75, 3.05) is 6.54 Å². The molecule has 0 aliphatic heterocycles. The summed E-state index contributed by atoms with van der Waals surface area (Å²) >= 11 is 7.71. The minimum atomic E-state index is -0.506. The molecule has 1 saturated carbocycles. The van der Waals surface area contributed by atoms with Crippen molar-refractivity contribution < 1.29 is 14.0 Å². The predicted molar refractivity (Wildman–Crippen MR) is 114 cm³/mol. The molecular weight excluding hydrogens is 425 g/mol. The number of halogens is 2. The Bertz CT molecular complexity index is 1200. The molecule has 30 heavy (non-hydrogen) atoms. The number of rotatable bonds is 7. The van der Waals surface area contributed by atoms with Crippen LogP contribution in [-0.2, 0) is 16.0 Å². The summed E-state index contributed by atoms with van der Waals surface area (Å²) in [5, 5.41) is 12.7. The van der Waals surface area contributed by atoms with Crippen molar-refractivity contribution in [2.45, 2.75) is 25.7 Å². The Morgan fingerprint density at radius 3 is 2.80 bits per heavy atom. The largest absolute Gasteiger partial charge is 0.349 e. The number of nitriles is 1. The number of hydrogen-bond acceptors (Lipinski definition) is 5. The molecule has 1 heterocycles. The van der Waals surface area contributed by atoms with Gasteiger partial charge in [-0.3, -0.25) is 9.59 Å². The second-order valence-electron chi connectivity index (χ2n) is 7.48. The molecule has 0 unspecified atom stereocenters. The van der Waals surface area contributed by atoms with Crippen LogP contribution in [0.4, 0.5) is 4.39 Å². The Morgan fingerprint density at radius 1 is 1.30 bits per heavy atom. The molecule has 4 rings (SSSR count). The van der Waals surface area contributed by atoms with Crippen LogP contribution in [0.25, 0.3) is 21.3 Å². The lowest BCUT2D eigenvalue weighted by atomic mass is 10.0. The number of fused-ring (bicyclic) bond motifs is 1. The molecule has 2 aromatic carbocycles. The van der Waals surface area contributed by atoms with E-state index in [9.17, 15) is 14.0 Å². The smallest absolute Gasteiger partial charge is 0.227 e. The summed E-state index contributed by atoms with van der Waals surface area (Å²) in [4.78, 5) is 28.6. The van der Waals surface area contributed by atoms with Crippen LogP contribution in [-0.4, -0.2) is 23.2 Å². The number of Topliss-reactive ketones (excluding diaryl/α,β-unsaturated/α-hetero) is 1. The molecule has 1 amide bonds. The zero-order valence-corrected chi connectivity index (χ0v) is 17.4. The monoisotopic (exact) mass is 441 g/mol. The first-order valence-electron chi connectivity index (χ1n) is 9.42. The number of hydrogen-bond donors (Lipinski definition) is 1. The standard InChI is InChI=1S/C22H17ClFN3O2S/c23-17-8-18-19(7-16(17)13-2-1-3-14(24)6-13)30-21(27-18)9-20(29)26-11-15(28)10-22(12-25)4-5-22/h1-3,6-8H,4-5,9-11H2,(H,26,29). The molecular formula is C22H17ClFN3O2S. The summed E-state index contributed by atoms with van der Waals surface area (Å²) in [5.41, 5.74) is 1.51. The van der Waals surface area contributed by atoms with Crippen LogP contribution in [0.5, 0.6) is 0 Å². The summed E-state index contributed by atoms with van der Waals surface area (Å²) in [7, 11) is 0. The molecule has 0 radical (unpaired) electrons. The minimum Gasteiger partial charge on any atom is -0.349 e. The Hall–Kier alpha value is -2.82. The Balaban J connectivity index is 1.43. The van der Waals surface area contributed by atoms with Crippen LogP contribution in [0.1, 0.15) is 24.3 Å². The number of ketones is 1. The van der Waals surface area contributed by atoms with Gasteiger partial charge in [0, 0.05) is 12.0 Å². The van der Waals surface area contributed by atoms with E-state index in [1.807, 2.05) is 6.07 Å². The lowest BCUT2D eigenvalue weighted by Crippen LogP contribution is -2.31. The quantitative estimate of drug-likeness (QED) is 0.577. The van der Waals surface area contributed by atoms with Gasteiger partial charge in [-0.2, -0.15) is 5.26 Å². The van der Waals surface area contributed by atoms with Crippen molar-refractivity contribution in [3.63, 3.8) is 0 Å². The molecule has 152 valence electrons. The summed E-state index contributed by atoms with van der Waals surface area (Å²) in [5.74, 6) is -0.791. The van der Waals surface area contributed by atoms with Crippen molar-refractivity contribution in [3.05, 3.63) is 52.2 Å². The van der Waals surface area contributed by atoms with Crippen LogP contribution in [0.2, 0.25) is 5.02 Å². The van der Waals surface area contributed by atoms with Crippen LogP contribution >= 0.6 is 22.9 Å². The average molecular weight is 442 g/mol. The van der Waals surface area contributed by atoms with Crippen molar-refractivity contribution in [2.24, 2.45) is 5.41 Å². The molecule has 0 saturated heterocycles. The van der Waals surface area contributed by atoms with E-state index in [-0.39, 0.29) is 36.9 Å². The van der Waals surface area contributed by atoms with E-state index in [1.165, 1.54) is 23.5 Å². The summed E-state index contributed by atoms with van der Waals surface area (Å²) < 4.78 is 14.4. The molecule has 3 aromatic rings. The average Bonchev–Trinajstić information content (AvgIpc) is 3.37. The molecule has 1 aromatic heterocycles. The van der Waals surface area contributed by atoms with E-state index in [2.05, 4.69) is 16.4 Å². The topological polar surface area (TPSA) is 82.9 Å². The highest BCUT2D eigenvalue weighted by atomic mass is 35.5. The van der Waals surface area contributed by atoms with Crippen LogP contribution in [0.15, 0.2) is 36.4 Å². The van der Waals surface area contributed by atoms with Gasteiger partial charge in [0.15, 0.2) is 5.78 Å². The highest BCUT2D eigenvalue weighted by Crippen LogP contribution is 2.48. The third-order valence-corrected chi connectivity index (χ3v) is 6.41.